The lowest BCUT2D eigenvalue weighted by Crippen LogP contribution is -2.53. The van der Waals surface area contributed by atoms with Crippen molar-refractivity contribution < 1.29 is 14.2 Å². The molecule has 0 unspecified atom stereocenters. The lowest BCUT2D eigenvalue weighted by atomic mass is 10.0. The van der Waals surface area contributed by atoms with Crippen LogP contribution in [0.1, 0.15) is 12.8 Å². The van der Waals surface area contributed by atoms with Gasteiger partial charge in [-0.25, -0.2) is 4.39 Å². The molecule has 0 saturated carbocycles. The first-order chi connectivity index (χ1) is 18.0. The van der Waals surface area contributed by atoms with E-state index in [0.29, 0.717) is 28.1 Å². The highest BCUT2D eigenvalue weighted by Gasteiger charge is 2.29. The van der Waals surface area contributed by atoms with Gasteiger partial charge in [0.15, 0.2) is 17.0 Å². The molecule has 0 bridgehead atoms. The molecule has 2 saturated heterocycles. The van der Waals surface area contributed by atoms with Gasteiger partial charge in [0.05, 0.1) is 34.9 Å². The largest absolute Gasteiger partial charge is 0.505 e. The molecule has 2 N–H and O–H groups in total. The lowest BCUT2D eigenvalue weighted by molar-refractivity contribution is 0.160. The molecule has 37 heavy (non-hydrogen) atoms. The number of piperazine rings is 1. The van der Waals surface area contributed by atoms with Gasteiger partial charge in [0.25, 0.3) is 0 Å². The Hall–Kier alpha value is -3.85. The molecular weight excluding hydrogens is 473 g/mol. The number of aromatic amines is 1. The van der Waals surface area contributed by atoms with Gasteiger partial charge in [-0.1, -0.05) is 0 Å². The van der Waals surface area contributed by atoms with E-state index in [4.69, 9.17) is 4.74 Å². The summed E-state index contributed by atoms with van der Waals surface area (Å²) in [6.45, 7) is 5.23. The van der Waals surface area contributed by atoms with Crippen molar-refractivity contribution in [2.24, 2.45) is 0 Å². The Labute approximate surface area is 213 Å². The Morgan fingerprint density at radius 3 is 2.51 bits per heavy atom. The number of ether oxygens (including phenoxy) is 1. The van der Waals surface area contributed by atoms with E-state index in [-0.39, 0.29) is 11.2 Å². The molecule has 2 fully saturated rings. The fourth-order valence-corrected chi connectivity index (χ4v) is 5.83. The molecule has 0 aliphatic carbocycles. The van der Waals surface area contributed by atoms with E-state index >= 15 is 0 Å². The van der Waals surface area contributed by atoms with Gasteiger partial charge in [0, 0.05) is 81.3 Å². The third kappa shape index (κ3) is 4.23. The van der Waals surface area contributed by atoms with Crippen LogP contribution < -0.4 is 20.0 Å². The van der Waals surface area contributed by atoms with Crippen LogP contribution in [-0.4, -0.2) is 72.4 Å². The quantitative estimate of drug-likeness (QED) is 0.439. The second kappa shape index (κ2) is 9.55. The molecule has 8 nitrogen and oxygen atoms in total. The van der Waals surface area contributed by atoms with E-state index in [2.05, 4.69) is 24.7 Å². The van der Waals surface area contributed by atoms with Crippen LogP contribution in [0.25, 0.3) is 21.8 Å². The standard InChI is InChI=1S/C28H30FN5O3/c1-37-19-15-21-24(35)4-8-31-28(21)22(16-19)34-13-11-32(12-14-34)18-5-9-33(10-6-18)23-17-25(36)26(29)20-3-2-7-30-27(20)23/h2-4,7-8,15-18,36H,5-6,9-14H2,1H3,(H,31,35). The van der Waals surface area contributed by atoms with Crippen LogP contribution >= 0.6 is 0 Å². The van der Waals surface area contributed by atoms with Gasteiger partial charge >= 0.3 is 0 Å². The molecule has 0 atom stereocenters. The Kier molecular flexibility index (Phi) is 6.08. The maximum absolute atomic E-state index is 14.4. The number of phenols is 1. The van der Waals surface area contributed by atoms with E-state index in [1.54, 1.807) is 43.8 Å². The zero-order valence-electron chi connectivity index (χ0n) is 20.8. The number of phenolic OH excluding ortho intramolecular Hbond substituents is 1. The fraction of sp³-hybridized carbons (Fsp3) is 0.357. The van der Waals surface area contributed by atoms with Crippen molar-refractivity contribution in [3.63, 3.8) is 0 Å². The Balaban J connectivity index is 1.14. The maximum Gasteiger partial charge on any atom is 0.189 e. The minimum Gasteiger partial charge on any atom is -0.505 e. The molecule has 2 aliphatic rings. The van der Waals surface area contributed by atoms with Crippen molar-refractivity contribution in [3.8, 4) is 11.5 Å². The summed E-state index contributed by atoms with van der Waals surface area (Å²) in [5.41, 5.74) is 3.21. The highest BCUT2D eigenvalue weighted by atomic mass is 19.1. The Bertz CT molecular complexity index is 1510. The van der Waals surface area contributed by atoms with Gasteiger partial charge in [-0.2, -0.15) is 0 Å². The number of methoxy groups -OCH3 is 1. The van der Waals surface area contributed by atoms with E-state index < -0.39 is 5.82 Å². The second-order valence-corrected chi connectivity index (χ2v) is 9.78. The number of nitrogens with zero attached hydrogens (tertiary/aromatic N) is 4. The number of rotatable bonds is 4. The summed E-state index contributed by atoms with van der Waals surface area (Å²) in [4.78, 5) is 27.2. The van der Waals surface area contributed by atoms with Gasteiger partial charge in [-0.3, -0.25) is 14.7 Å². The zero-order valence-corrected chi connectivity index (χ0v) is 20.8. The van der Waals surface area contributed by atoms with Crippen LogP contribution in [0.15, 0.2) is 53.6 Å². The van der Waals surface area contributed by atoms with Gasteiger partial charge in [0.2, 0.25) is 0 Å². The molecule has 9 heteroatoms. The topological polar surface area (TPSA) is 84.9 Å². The third-order valence-corrected chi connectivity index (χ3v) is 7.82. The van der Waals surface area contributed by atoms with E-state index in [0.717, 1.165) is 69.0 Å². The van der Waals surface area contributed by atoms with E-state index in [1.165, 1.54) is 6.07 Å². The van der Waals surface area contributed by atoms with Crippen molar-refractivity contribution >= 4 is 33.2 Å². The first-order valence-electron chi connectivity index (χ1n) is 12.7. The minimum atomic E-state index is -0.618. The number of anilines is 2. The smallest absolute Gasteiger partial charge is 0.189 e. The number of hydrogen-bond donors (Lipinski definition) is 2. The summed E-state index contributed by atoms with van der Waals surface area (Å²) < 4.78 is 19.9. The molecule has 4 aromatic rings. The van der Waals surface area contributed by atoms with Gasteiger partial charge < -0.3 is 24.6 Å². The van der Waals surface area contributed by atoms with Gasteiger partial charge in [0.1, 0.15) is 5.75 Å². The highest BCUT2D eigenvalue weighted by Crippen LogP contribution is 2.35. The average Bonchev–Trinajstić information content (AvgIpc) is 2.95. The summed E-state index contributed by atoms with van der Waals surface area (Å²) in [5.74, 6) is -0.268. The van der Waals surface area contributed by atoms with E-state index in [1.807, 2.05) is 6.07 Å². The number of aromatic nitrogens is 2. The first kappa shape index (κ1) is 23.5. The number of H-pyrrole nitrogens is 1. The SMILES string of the molecule is COc1cc(N2CCN(C3CCN(c4cc(O)c(F)c5cccnc45)CC3)CC2)c2[nH]ccc(=O)c2c1. The Morgan fingerprint density at radius 1 is 1.00 bits per heavy atom. The number of halogens is 1. The number of hydrogen-bond acceptors (Lipinski definition) is 7. The van der Waals surface area contributed by atoms with Gasteiger partial charge in [-0.15, -0.1) is 0 Å². The predicted octanol–water partition coefficient (Wildman–Crippen LogP) is 3.72. The summed E-state index contributed by atoms with van der Waals surface area (Å²) in [5, 5.41) is 11.1. The normalized spacial score (nSPS) is 17.6. The summed E-state index contributed by atoms with van der Waals surface area (Å²) >= 11 is 0. The third-order valence-electron chi connectivity index (χ3n) is 7.82. The molecule has 2 aliphatic heterocycles. The summed E-state index contributed by atoms with van der Waals surface area (Å²) in [6.07, 6.45) is 5.34. The van der Waals surface area contributed by atoms with Gasteiger partial charge in [-0.05, 0) is 31.0 Å². The van der Waals surface area contributed by atoms with Crippen LogP contribution in [0.5, 0.6) is 11.5 Å². The number of nitrogens with one attached hydrogen (secondary N) is 1. The van der Waals surface area contributed by atoms with Crippen LogP contribution in [0.4, 0.5) is 15.8 Å². The molecule has 2 aromatic heterocycles. The van der Waals surface area contributed by atoms with Crippen molar-refractivity contribution in [3.05, 3.63) is 64.8 Å². The Morgan fingerprint density at radius 2 is 1.76 bits per heavy atom. The summed E-state index contributed by atoms with van der Waals surface area (Å²) in [7, 11) is 1.62. The van der Waals surface area contributed by atoms with Crippen LogP contribution in [0, 0.1) is 5.82 Å². The maximum atomic E-state index is 14.4. The monoisotopic (exact) mass is 503 g/mol. The number of fused-ring (bicyclic) bond motifs is 2. The molecule has 0 spiro atoms. The average molecular weight is 504 g/mol. The highest BCUT2D eigenvalue weighted by molar-refractivity contribution is 5.93. The summed E-state index contributed by atoms with van der Waals surface area (Å²) in [6, 6.07) is 10.7. The van der Waals surface area contributed by atoms with E-state index in [9.17, 15) is 14.3 Å². The lowest BCUT2D eigenvalue weighted by Gasteiger charge is -2.44. The molecule has 6 rings (SSSR count). The minimum absolute atomic E-state index is 0.0169. The fourth-order valence-electron chi connectivity index (χ4n) is 5.83. The van der Waals surface area contributed by atoms with Crippen molar-refractivity contribution in [1.29, 1.82) is 0 Å². The predicted molar refractivity (Wildman–Crippen MR) is 144 cm³/mol. The number of pyridine rings is 2. The number of aromatic hydroxyl groups is 1. The first-order valence-corrected chi connectivity index (χ1v) is 12.7. The second-order valence-electron chi connectivity index (χ2n) is 9.78. The van der Waals surface area contributed by atoms with Crippen molar-refractivity contribution in [2.45, 2.75) is 18.9 Å². The van der Waals surface area contributed by atoms with Crippen LogP contribution in [-0.2, 0) is 0 Å². The van der Waals surface area contributed by atoms with Crippen LogP contribution in [0.2, 0.25) is 0 Å². The molecule has 4 heterocycles. The molecule has 192 valence electrons. The number of piperidine rings is 1. The van der Waals surface area contributed by atoms with Crippen molar-refractivity contribution in [1.82, 2.24) is 14.9 Å². The molecular formula is C28H30FN5O3. The molecule has 0 radical (unpaired) electrons. The zero-order chi connectivity index (χ0) is 25.5. The molecule has 0 amide bonds. The number of benzene rings is 2. The van der Waals surface area contributed by atoms with Crippen molar-refractivity contribution in [2.75, 3.05) is 56.2 Å². The van der Waals surface area contributed by atoms with Crippen LogP contribution in [0.3, 0.4) is 0 Å². The molecule has 2 aromatic carbocycles.